The van der Waals surface area contributed by atoms with Crippen molar-refractivity contribution >= 4 is 23.2 Å². The lowest BCUT2D eigenvalue weighted by atomic mass is 9.95. The Balaban J connectivity index is 1.42. The Labute approximate surface area is 135 Å². The quantitative estimate of drug-likeness (QED) is 0.900. The first-order chi connectivity index (χ1) is 10.6. The zero-order valence-corrected chi connectivity index (χ0v) is 13.8. The van der Waals surface area contributed by atoms with Crippen molar-refractivity contribution in [2.24, 2.45) is 11.8 Å². The van der Waals surface area contributed by atoms with Gasteiger partial charge in [-0.3, -0.25) is 14.6 Å². The lowest BCUT2D eigenvalue weighted by molar-refractivity contribution is -0.136. The van der Waals surface area contributed by atoms with Gasteiger partial charge < -0.3 is 10.2 Å². The number of hydrogen-bond acceptors (Lipinski definition) is 4. The number of piperidine rings is 1. The zero-order valence-electron chi connectivity index (χ0n) is 13.0. The topological polar surface area (TPSA) is 62.3 Å². The number of rotatable bonds is 5. The van der Waals surface area contributed by atoms with E-state index >= 15 is 0 Å². The summed E-state index contributed by atoms with van der Waals surface area (Å²) in [5.74, 6) is 0.768. The fourth-order valence-electron chi connectivity index (χ4n) is 3.01. The highest BCUT2D eigenvalue weighted by Crippen LogP contribution is 2.32. The summed E-state index contributed by atoms with van der Waals surface area (Å²) in [4.78, 5) is 31.5. The summed E-state index contributed by atoms with van der Waals surface area (Å²) in [7, 11) is 0. The van der Waals surface area contributed by atoms with Crippen molar-refractivity contribution in [3.8, 4) is 0 Å². The molecule has 1 saturated carbocycles. The van der Waals surface area contributed by atoms with Crippen LogP contribution >= 0.6 is 11.3 Å². The van der Waals surface area contributed by atoms with Crippen LogP contribution < -0.4 is 5.32 Å². The van der Waals surface area contributed by atoms with Gasteiger partial charge in [-0.15, -0.1) is 11.3 Å². The lowest BCUT2D eigenvalue weighted by Crippen LogP contribution is -2.45. The number of nitrogens with one attached hydrogen (secondary N) is 1. The third-order valence-electron chi connectivity index (χ3n) is 4.48. The number of aromatic nitrogens is 1. The van der Waals surface area contributed by atoms with Crippen LogP contribution in [0.15, 0.2) is 11.7 Å². The highest BCUT2D eigenvalue weighted by atomic mass is 32.1. The summed E-state index contributed by atoms with van der Waals surface area (Å²) in [5.41, 5.74) is 1.82. The summed E-state index contributed by atoms with van der Waals surface area (Å²) in [6.45, 7) is 3.50. The Morgan fingerprint density at radius 2 is 2.05 bits per heavy atom. The van der Waals surface area contributed by atoms with E-state index in [1.807, 2.05) is 23.5 Å². The van der Waals surface area contributed by atoms with Crippen LogP contribution in [0.1, 0.15) is 37.5 Å². The van der Waals surface area contributed by atoms with Gasteiger partial charge in [0.2, 0.25) is 11.8 Å². The minimum absolute atomic E-state index is 0.0483. The molecule has 1 atom stereocenters. The Morgan fingerprint density at radius 3 is 2.64 bits per heavy atom. The van der Waals surface area contributed by atoms with E-state index in [1.54, 1.807) is 11.3 Å². The number of carbonyl (C=O) groups excluding carboxylic acids is 2. The number of likely N-dealkylation sites (tertiary alicyclic amines) is 1. The van der Waals surface area contributed by atoms with Gasteiger partial charge in [-0.1, -0.05) is 0 Å². The Bertz CT molecular complexity index is 520. The molecule has 0 bridgehead atoms. The second-order valence-corrected chi connectivity index (χ2v) is 7.43. The van der Waals surface area contributed by atoms with Crippen molar-refractivity contribution in [2.45, 2.75) is 45.1 Å². The fraction of sp³-hybridized carbons (Fsp3) is 0.688. The first kappa shape index (κ1) is 15.5. The maximum atomic E-state index is 12.3. The maximum Gasteiger partial charge on any atom is 0.225 e. The van der Waals surface area contributed by atoms with Gasteiger partial charge in [-0.25, -0.2) is 0 Å². The number of nitrogens with zero attached hydrogens (tertiary/aromatic N) is 2. The summed E-state index contributed by atoms with van der Waals surface area (Å²) < 4.78 is 0. The molecule has 1 saturated heterocycles. The van der Waals surface area contributed by atoms with Gasteiger partial charge in [0.1, 0.15) is 0 Å². The second kappa shape index (κ2) is 6.77. The van der Waals surface area contributed by atoms with Gasteiger partial charge in [-0.2, -0.15) is 0 Å². The number of amides is 2. The average molecular weight is 321 g/mol. The Morgan fingerprint density at radius 1 is 1.32 bits per heavy atom. The summed E-state index contributed by atoms with van der Waals surface area (Å²) in [6.07, 6.45) is 6.36. The molecule has 1 aliphatic heterocycles. The van der Waals surface area contributed by atoms with Crippen molar-refractivity contribution in [1.29, 1.82) is 0 Å². The minimum Gasteiger partial charge on any atom is -0.353 e. The normalized spacial score (nSPS) is 20.7. The molecule has 120 valence electrons. The van der Waals surface area contributed by atoms with Gasteiger partial charge >= 0.3 is 0 Å². The number of thiazole rings is 1. The van der Waals surface area contributed by atoms with Crippen LogP contribution in [0, 0.1) is 11.8 Å². The fourth-order valence-corrected chi connectivity index (χ4v) is 3.73. The SMILES string of the molecule is CC(Cc1cncs1)NC(=O)C1CCN(C(=O)C2CC2)CC1. The Kier molecular flexibility index (Phi) is 4.76. The Hall–Kier alpha value is -1.43. The van der Waals surface area contributed by atoms with Crippen LogP contribution in [0.4, 0.5) is 0 Å². The van der Waals surface area contributed by atoms with E-state index in [-0.39, 0.29) is 23.8 Å². The highest BCUT2D eigenvalue weighted by molar-refractivity contribution is 7.09. The van der Waals surface area contributed by atoms with Crippen LogP contribution in [-0.4, -0.2) is 40.8 Å². The lowest BCUT2D eigenvalue weighted by Gasteiger charge is -2.32. The van der Waals surface area contributed by atoms with Crippen molar-refractivity contribution in [3.63, 3.8) is 0 Å². The molecule has 0 radical (unpaired) electrons. The van der Waals surface area contributed by atoms with Gasteiger partial charge in [0.05, 0.1) is 5.51 Å². The first-order valence-electron chi connectivity index (χ1n) is 8.10. The summed E-state index contributed by atoms with van der Waals surface area (Å²) in [6, 6.07) is 0.124. The van der Waals surface area contributed by atoms with Gasteiger partial charge in [0.15, 0.2) is 0 Å². The van der Waals surface area contributed by atoms with Crippen molar-refractivity contribution in [1.82, 2.24) is 15.2 Å². The number of hydrogen-bond donors (Lipinski definition) is 1. The molecule has 2 amide bonds. The van der Waals surface area contributed by atoms with Crippen LogP contribution in [-0.2, 0) is 16.0 Å². The molecule has 1 aliphatic carbocycles. The number of carbonyl (C=O) groups is 2. The van der Waals surface area contributed by atoms with E-state index in [0.29, 0.717) is 5.91 Å². The predicted molar refractivity (Wildman–Crippen MR) is 85.5 cm³/mol. The molecule has 1 aromatic heterocycles. The maximum absolute atomic E-state index is 12.3. The van der Waals surface area contributed by atoms with Gasteiger partial charge in [-0.05, 0) is 32.6 Å². The smallest absolute Gasteiger partial charge is 0.225 e. The molecule has 2 fully saturated rings. The minimum atomic E-state index is 0.0483. The first-order valence-corrected chi connectivity index (χ1v) is 8.98. The molecule has 1 N–H and O–H groups in total. The summed E-state index contributed by atoms with van der Waals surface area (Å²) >= 11 is 1.62. The largest absolute Gasteiger partial charge is 0.353 e. The molecule has 0 aromatic carbocycles. The monoisotopic (exact) mass is 321 g/mol. The van der Waals surface area contributed by atoms with Gasteiger partial charge in [0.25, 0.3) is 0 Å². The van der Waals surface area contributed by atoms with E-state index in [9.17, 15) is 9.59 Å². The second-order valence-electron chi connectivity index (χ2n) is 6.46. The predicted octanol–water partition coefficient (Wildman–Crippen LogP) is 1.84. The summed E-state index contributed by atoms with van der Waals surface area (Å²) in [5, 5.41) is 3.10. The van der Waals surface area contributed by atoms with Crippen molar-refractivity contribution in [2.75, 3.05) is 13.1 Å². The molecule has 2 aliphatic rings. The zero-order chi connectivity index (χ0) is 15.5. The van der Waals surface area contributed by atoms with Crippen LogP contribution in [0.3, 0.4) is 0 Å². The highest BCUT2D eigenvalue weighted by Gasteiger charge is 2.36. The molecule has 5 nitrogen and oxygen atoms in total. The van der Waals surface area contributed by atoms with Crippen LogP contribution in [0.5, 0.6) is 0 Å². The standard InChI is InChI=1S/C16H23N3O2S/c1-11(8-14-9-17-10-22-14)18-15(20)12-4-6-19(7-5-12)16(21)13-2-3-13/h9-13H,2-8H2,1H3,(H,18,20). The molecule has 2 heterocycles. The third-order valence-corrected chi connectivity index (χ3v) is 5.29. The van der Waals surface area contributed by atoms with E-state index < -0.39 is 0 Å². The van der Waals surface area contributed by atoms with Crippen LogP contribution in [0.2, 0.25) is 0 Å². The molecule has 1 aromatic rings. The average Bonchev–Trinajstić information content (AvgIpc) is 3.25. The molecule has 0 spiro atoms. The van der Waals surface area contributed by atoms with E-state index in [2.05, 4.69) is 10.3 Å². The van der Waals surface area contributed by atoms with E-state index in [1.165, 1.54) is 4.88 Å². The molecular weight excluding hydrogens is 298 g/mol. The van der Waals surface area contributed by atoms with Crippen LogP contribution in [0.25, 0.3) is 0 Å². The molecule has 3 rings (SSSR count). The van der Waals surface area contributed by atoms with Gasteiger partial charge in [0, 0.05) is 48.5 Å². The molecule has 6 heteroatoms. The molecular formula is C16H23N3O2S. The third kappa shape index (κ3) is 3.85. The van der Waals surface area contributed by atoms with Crippen molar-refractivity contribution < 1.29 is 9.59 Å². The van der Waals surface area contributed by atoms with E-state index in [0.717, 1.165) is 45.2 Å². The van der Waals surface area contributed by atoms with Crippen molar-refractivity contribution in [3.05, 3.63) is 16.6 Å². The molecule has 22 heavy (non-hydrogen) atoms. The molecule has 1 unspecified atom stereocenters. The van der Waals surface area contributed by atoms with E-state index in [4.69, 9.17) is 0 Å².